The molecular formula is C77H52N2. The number of rotatable bonds is 10. The second-order valence-electron chi connectivity index (χ2n) is 20.8. The van der Waals surface area contributed by atoms with Crippen molar-refractivity contribution < 1.29 is 0 Å². The van der Waals surface area contributed by atoms with Gasteiger partial charge in [-0.2, -0.15) is 0 Å². The summed E-state index contributed by atoms with van der Waals surface area (Å²) in [5, 5.41) is 5.00. The summed E-state index contributed by atoms with van der Waals surface area (Å²) < 4.78 is 2.40. The number of hydrogen-bond donors (Lipinski definition) is 0. The standard InChI is InChI=1S/C77H52N2/c1-3-22-62(23-4-1)77(63-24-5-2-6-25-63)72-32-12-9-30-71(72)76-68(31-17-33-73(76)77)57-44-48-65(49-45-57)78(66-26-16-27-67(52-66)79-74-34-13-10-28-69(74)70-29-11-14-35-75(70)79)64-46-42-55(43-47-64)54-36-38-56(39-37-54)59-20-15-21-60(50-59)61-41-40-53-18-7-8-19-58(53)51-61/h1-52H. The first-order chi connectivity index (χ1) is 39.2. The molecule has 79 heavy (non-hydrogen) atoms. The van der Waals surface area contributed by atoms with Crippen molar-refractivity contribution >= 4 is 49.6 Å². The van der Waals surface area contributed by atoms with E-state index in [2.05, 4.69) is 325 Å². The zero-order valence-corrected chi connectivity index (χ0v) is 43.4. The van der Waals surface area contributed by atoms with Crippen LogP contribution in [-0.2, 0) is 5.41 Å². The number of para-hydroxylation sites is 2. The maximum atomic E-state index is 2.40. The molecule has 0 atom stereocenters. The molecule has 0 spiro atoms. The summed E-state index contributed by atoms with van der Waals surface area (Å²) in [7, 11) is 0. The number of hydrogen-bond acceptors (Lipinski definition) is 1. The van der Waals surface area contributed by atoms with Gasteiger partial charge in [-0.3, -0.25) is 0 Å². The van der Waals surface area contributed by atoms with Crippen LogP contribution in [0.4, 0.5) is 17.1 Å². The Morgan fingerprint density at radius 1 is 0.266 bits per heavy atom. The van der Waals surface area contributed by atoms with E-state index in [1.165, 1.54) is 105 Å². The van der Waals surface area contributed by atoms with Crippen molar-refractivity contribution in [2.75, 3.05) is 4.90 Å². The molecule has 15 rings (SSSR count). The van der Waals surface area contributed by atoms with Crippen LogP contribution < -0.4 is 4.90 Å². The number of anilines is 3. The number of nitrogens with zero attached hydrogens (tertiary/aromatic N) is 2. The third-order valence-corrected chi connectivity index (χ3v) is 16.5. The van der Waals surface area contributed by atoms with Crippen LogP contribution in [-0.4, -0.2) is 4.57 Å². The van der Waals surface area contributed by atoms with Gasteiger partial charge in [-0.25, -0.2) is 0 Å². The van der Waals surface area contributed by atoms with Gasteiger partial charge in [-0.05, 0) is 155 Å². The first-order valence-corrected chi connectivity index (χ1v) is 27.3. The third kappa shape index (κ3) is 7.71. The van der Waals surface area contributed by atoms with Crippen molar-refractivity contribution in [3.8, 4) is 61.3 Å². The lowest BCUT2D eigenvalue weighted by atomic mass is 9.67. The minimum Gasteiger partial charge on any atom is -0.310 e. The molecule has 370 valence electrons. The summed E-state index contributed by atoms with van der Waals surface area (Å²) in [5.74, 6) is 0. The Labute approximate surface area is 461 Å². The SMILES string of the molecule is c1ccc(C2(c3ccccc3)c3ccccc3-c3c(-c4ccc(N(c5ccc(-c6ccc(-c7cccc(-c8ccc9ccccc9c8)c7)cc6)cc5)c5cccc(-n6c7ccccc7c7ccccc76)c5)cc4)cccc32)cc1. The minimum atomic E-state index is -0.471. The molecule has 1 aliphatic rings. The predicted molar refractivity (Wildman–Crippen MR) is 332 cm³/mol. The molecule has 0 saturated carbocycles. The Bertz CT molecular complexity index is 4480. The van der Waals surface area contributed by atoms with Gasteiger partial charge in [-0.15, -0.1) is 0 Å². The number of benzene rings is 13. The van der Waals surface area contributed by atoms with Crippen molar-refractivity contribution in [1.29, 1.82) is 0 Å². The van der Waals surface area contributed by atoms with Crippen LogP contribution in [0.15, 0.2) is 315 Å². The van der Waals surface area contributed by atoms with Crippen LogP contribution >= 0.6 is 0 Å². The highest BCUT2D eigenvalue weighted by Gasteiger charge is 2.46. The molecular weight excluding hydrogens is 953 g/mol. The molecule has 2 nitrogen and oxygen atoms in total. The van der Waals surface area contributed by atoms with Gasteiger partial charge in [0, 0.05) is 33.5 Å². The lowest BCUT2D eigenvalue weighted by molar-refractivity contribution is 0.768. The van der Waals surface area contributed by atoms with Gasteiger partial charge in [-0.1, -0.05) is 249 Å². The third-order valence-electron chi connectivity index (χ3n) is 16.5. The van der Waals surface area contributed by atoms with E-state index in [0.29, 0.717) is 0 Å². The fourth-order valence-electron chi connectivity index (χ4n) is 12.8. The van der Waals surface area contributed by atoms with Crippen LogP contribution in [0, 0.1) is 0 Å². The molecule has 1 aliphatic carbocycles. The molecule has 0 unspecified atom stereocenters. The molecule has 0 amide bonds. The van der Waals surface area contributed by atoms with Crippen LogP contribution in [0.25, 0.3) is 93.9 Å². The van der Waals surface area contributed by atoms with Crippen LogP contribution in [0.3, 0.4) is 0 Å². The summed E-state index contributed by atoms with van der Waals surface area (Å²) in [6.07, 6.45) is 0. The van der Waals surface area contributed by atoms with Gasteiger partial charge in [0.15, 0.2) is 0 Å². The fourth-order valence-corrected chi connectivity index (χ4v) is 12.8. The van der Waals surface area contributed by atoms with E-state index in [9.17, 15) is 0 Å². The largest absolute Gasteiger partial charge is 0.310 e. The first kappa shape index (κ1) is 46.1. The quantitative estimate of drug-likeness (QED) is 0.133. The van der Waals surface area contributed by atoms with E-state index >= 15 is 0 Å². The van der Waals surface area contributed by atoms with Crippen LogP contribution in [0.2, 0.25) is 0 Å². The normalized spacial score (nSPS) is 12.4. The van der Waals surface area contributed by atoms with Crippen molar-refractivity contribution in [2.24, 2.45) is 0 Å². The number of aromatic nitrogens is 1. The van der Waals surface area contributed by atoms with Gasteiger partial charge in [0.2, 0.25) is 0 Å². The molecule has 0 N–H and O–H groups in total. The van der Waals surface area contributed by atoms with Gasteiger partial charge in [0.05, 0.1) is 16.4 Å². The second-order valence-corrected chi connectivity index (χ2v) is 20.8. The van der Waals surface area contributed by atoms with Crippen LogP contribution in [0.5, 0.6) is 0 Å². The summed E-state index contributed by atoms with van der Waals surface area (Å²) >= 11 is 0. The highest BCUT2D eigenvalue weighted by Crippen LogP contribution is 2.58. The highest BCUT2D eigenvalue weighted by molar-refractivity contribution is 6.09. The maximum Gasteiger partial charge on any atom is 0.0713 e. The smallest absolute Gasteiger partial charge is 0.0713 e. The Morgan fingerprint density at radius 2 is 0.734 bits per heavy atom. The zero-order chi connectivity index (χ0) is 52.3. The molecule has 0 aliphatic heterocycles. The summed E-state index contributed by atoms with van der Waals surface area (Å²) in [6, 6.07) is 116. The lowest BCUT2D eigenvalue weighted by Gasteiger charge is -2.34. The van der Waals surface area contributed by atoms with Gasteiger partial charge < -0.3 is 9.47 Å². The molecule has 2 heteroatoms. The molecule has 0 bridgehead atoms. The minimum absolute atomic E-state index is 0.471. The maximum absolute atomic E-state index is 2.40. The van der Waals surface area contributed by atoms with Gasteiger partial charge >= 0.3 is 0 Å². The number of fused-ring (bicyclic) bond motifs is 7. The molecule has 0 radical (unpaired) electrons. The van der Waals surface area contributed by atoms with Crippen molar-refractivity contribution in [2.45, 2.75) is 5.41 Å². The van der Waals surface area contributed by atoms with E-state index in [0.717, 1.165) is 28.3 Å². The Morgan fingerprint density at radius 3 is 1.41 bits per heavy atom. The summed E-state index contributed by atoms with van der Waals surface area (Å²) in [6.45, 7) is 0. The van der Waals surface area contributed by atoms with E-state index < -0.39 is 5.41 Å². The van der Waals surface area contributed by atoms with Crippen molar-refractivity contribution in [3.63, 3.8) is 0 Å². The Kier molecular flexibility index (Phi) is 11.1. The molecule has 0 fully saturated rings. The average molecular weight is 1010 g/mol. The van der Waals surface area contributed by atoms with Crippen LogP contribution in [0.1, 0.15) is 22.3 Å². The lowest BCUT2D eigenvalue weighted by Crippen LogP contribution is -2.28. The Balaban J connectivity index is 0.814. The Hall–Kier alpha value is -10.3. The van der Waals surface area contributed by atoms with E-state index in [1.807, 2.05) is 0 Å². The zero-order valence-electron chi connectivity index (χ0n) is 43.4. The predicted octanol–water partition coefficient (Wildman–Crippen LogP) is 20.4. The summed E-state index contributed by atoms with van der Waals surface area (Å²) in [5.41, 5.74) is 23.5. The summed E-state index contributed by atoms with van der Waals surface area (Å²) in [4.78, 5) is 2.40. The van der Waals surface area contributed by atoms with E-state index in [-0.39, 0.29) is 0 Å². The molecule has 0 saturated heterocycles. The van der Waals surface area contributed by atoms with Gasteiger partial charge in [0.25, 0.3) is 0 Å². The van der Waals surface area contributed by atoms with E-state index in [1.54, 1.807) is 0 Å². The highest BCUT2D eigenvalue weighted by atomic mass is 15.1. The monoisotopic (exact) mass is 1000 g/mol. The second kappa shape index (κ2) is 19.1. The molecule has 1 aromatic heterocycles. The van der Waals surface area contributed by atoms with Crippen molar-refractivity contribution in [1.82, 2.24) is 4.57 Å². The van der Waals surface area contributed by atoms with E-state index in [4.69, 9.17) is 0 Å². The average Bonchev–Trinajstić information content (AvgIpc) is 4.14. The molecule has 14 aromatic rings. The molecule has 1 heterocycles. The topological polar surface area (TPSA) is 8.17 Å². The fraction of sp³-hybridized carbons (Fsp3) is 0.0130. The van der Waals surface area contributed by atoms with Crippen molar-refractivity contribution in [3.05, 3.63) is 338 Å². The van der Waals surface area contributed by atoms with Gasteiger partial charge in [0.1, 0.15) is 0 Å². The first-order valence-electron chi connectivity index (χ1n) is 27.3. The molecule has 13 aromatic carbocycles.